The minimum absolute atomic E-state index is 0.0910. The Morgan fingerprint density at radius 3 is 2.62 bits per heavy atom. The van der Waals surface area contributed by atoms with Gasteiger partial charge < -0.3 is 15.4 Å². The molecule has 3 rings (SSSR count). The molecule has 8 heteroatoms. The van der Waals surface area contributed by atoms with Crippen molar-refractivity contribution in [3.8, 4) is 0 Å². The summed E-state index contributed by atoms with van der Waals surface area (Å²) in [6, 6.07) is 9.37. The van der Waals surface area contributed by atoms with E-state index >= 15 is 0 Å². The standard InChI is InChI=1S/C24H26ClN3O3S/c1-5-31-24(30)12-18-11-23(28-21-9-16(4)15(3)8-20(21)26-18)32-13-22(29)27-19-10-17(25)7-6-14(19)2/h6-11,26H,5,12-13H2,1-4H3,(H,27,29). The van der Waals surface area contributed by atoms with Crippen molar-refractivity contribution >= 4 is 57.3 Å². The Labute approximate surface area is 197 Å². The number of thioether (sulfide) groups is 1. The van der Waals surface area contributed by atoms with Crippen LogP contribution < -0.4 is 10.6 Å². The lowest BCUT2D eigenvalue weighted by Gasteiger charge is -2.12. The largest absolute Gasteiger partial charge is 0.466 e. The molecule has 2 aromatic rings. The fourth-order valence-electron chi connectivity index (χ4n) is 3.09. The van der Waals surface area contributed by atoms with Crippen LogP contribution >= 0.6 is 23.4 Å². The molecule has 2 N–H and O–H groups in total. The monoisotopic (exact) mass is 471 g/mol. The molecule has 0 saturated carbocycles. The van der Waals surface area contributed by atoms with Crippen molar-refractivity contribution in [2.24, 2.45) is 4.99 Å². The molecule has 0 unspecified atom stereocenters. The Morgan fingerprint density at radius 2 is 1.88 bits per heavy atom. The molecule has 2 aromatic carbocycles. The average molecular weight is 472 g/mol. The Balaban J connectivity index is 1.79. The Hall–Kier alpha value is -2.77. The van der Waals surface area contributed by atoms with Gasteiger partial charge in [-0.1, -0.05) is 29.4 Å². The molecule has 0 atom stereocenters. The molecule has 6 nitrogen and oxygen atoms in total. The average Bonchev–Trinajstić information content (AvgIpc) is 2.88. The Morgan fingerprint density at radius 1 is 1.12 bits per heavy atom. The van der Waals surface area contributed by atoms with Crippen molar-refractivity contribution in [2.75, 3.05) is 23.0 Å². The summed E-state index contributed by atoms with van der Waals surface area (Å²) in [6.07, 6.45) is 1.89. The fraction of sp³-hybridized carbons (Fsp3) is 0.292. The second kappa shape index (κ2) is 10.7. The van der Waals surface area contributed by atoms with E-state index in [1.54, 1.807) is 25.1 Å². The number of carbonyl (C=O) groups excluding carboxylic acids is 2. The first kappa shape index (κ1) is 23.9. The number of amides is 1. The van der Waals surface area contributed by atoms with E-state index in [0.29, 0.717) is 28.1 Å². The fourth-order valence-corrected chi connectivity index (χ4v) is 4.01. The molecule has 0 bridgehead atoms. The number of carbonyl (C=O) groups is 2. The lowest BCUT2D eigenvalue weighted by Crippen LogP contribution is -2.16. The highest BCUT2D eigenvalue weighted by molar-refractivity contribution is 8.14. The number of ether oxygens (including phenoxy) is 1. The van der Waals surface area contributed by atoms with Crippen LogP contribution in [0.2, 0.25) is 5.02 Å². The van der Waals surface area contributed by atoms with E-state index in [2.05, 4.69) is 10.6 Å². The molecule has 1 amide bonds. The number of nitrogens with zero attached hydrogens (tertiary/aromatic N) is 1. The van der Waals surface area contributed by atoms with Gasteiger partial charge in [-0.25, -0.2) is 4.99 Å². The van der Waals surface area contributed by atoms with Crippen LogP contribution in [0.5, 0.6) is 0 Å². The van der Waals surface area contributed by atoms with Gasteiger partial charge in [-0.2, -0.15) is 0 Å². The van der Waals surface area contributed by atoms with Gasteiger partial charge in [0.25, 0.3) is 0 Å². The zero-order chi connectivity index (χ0) is 23.3. The normalized spacial score (nSPS) is 12.7. The molecule has 168 valence electrons. The van der Waals surface area contributed by atoms with Crippen LogP contribution in [0.25, 0.3) is 0 Å². The van der Waals surface area contributed by atoms with Gasteiger partial charge in [0.15, 0.2) is 0 Å². The summed E-state index contributed by atoms with van der Waals surface area (Å²) in [6.45, 7) is 8.05. The van der Waals surface area contributed by atoms with Gasteiger partial charge >= 0.3 is 5.97 Å². The van der Waals surface area contributed by atoms with Crippen LogP contribution in [0.4, 0.5) is 17.1 Å². The van der Waals surface area contributed by atoms with E-state index in [0.717, 1.165) is 28.1 Å². The number of benzene rings is 2. The summed E-state index contributed by atoms with van der Waals surface area (Å²) < 4.78 is 5.10. The van der Waals surface area contributed by atoms with Gasteiger partial charge in [-0.05, 0) is 74.7 Å². The highest BCUT2D eigenvalue weighted by Crippen LogP contribution is 2.34. The van der Waals surface area contributed by atoms with E-state index in [-0.39, 0.29) is 24.1 Å². The van der Waals surface area contributed by atoms with Crippen molar-refractivity contribution in [1.29, 1.82) is 0 Å². The number of rotatable bonds is 6. The molecule has 1 aliphatic rings. The third-order valence-corrected chi connectivity index (χ3v) is 6.05. The third-order valence-electron chi connectivity index (χ3n) is 4.90. The quantitative estimate of drug-likeness (QED) is 0.510. The molecule has 1 aliphatic heterocycles. The highest BCUT2D eigenvalue weighted by atomic mass is 35.5. The van der Waals surface area contributed by atoms with E-state index in [1.165, 1.54) is 11.8 Å². The maximum absolute atomic E-state index is 12.6. The number of nitrogens with one attached hydrogen (secondary N) is 2. The number of aliphatic imine (C=N–C) groups is 1. The number of halogens is 1. The molecule has 0 spiro atoms. The van der Waals surface area contributed by atoms with E-state index < -0.39 is 0 Å². The molecule has 0 fully saturated rings. The van der Waals surface area contributed by atoms with Crippen LogP contribution in [-0.4, -0.2) is 29.3 Å². The number of esters is 1. The van der Waals surface area contributed by atoms with E-state index in [1.807, 2.05) is 39.0 Å². The van der Waals surface area contributed by atoms with Crippen molar-refractivity contribution in [3.05, 3.63) is 63.8 Å². The first-order chi connectivity index (χ1) is 15.2. The van der Waals surface area contributed by atoms with Crippen LogP contribution in [0.15, 0.2) is 47.1 Å². The molecule has 1 heterocycles. The number of hydrogen-bond acceptors (Lipinski definition) is 6. The smallest absolute Gasteiger partial charge is 0.311 e. The summed E-state index contributed by atoms with van der Waals surface area (Å²) in [5, 5.41) is 7.40. The maximum Gasteiger partial charge on any atom is 0.311 e. The molecular weight excluding hydrogens is 446 g/mol. The minimum atomic E-state index is -0.322. The number of fused-ring (bicyclic) bond motifs is 1. The SMILES string of the molecule is CCOC(=O)CC1=CC(SCC(=O)Nc2cc(Cl)ccc2C)=Nc2cc(C)c(C)cc2N1. The van der Waals surface area contributed by atoms with Crippen LogP contribution in [0.1, 0.15) is 30.0 Å². The zero-order valence-corrected chi connectivity index (χ0v) is 20.1. The van der Waals surface area contributed by atoms with Gasteiger partial charge in [0.1, 0.15) is 0 Å². The Bertz CT molecular complexity index is 1110. The van der Waals surface area contributed by atoms with Gasteiger partial charge in [-0.3, -0.25) is 9.59 Å². The Kier molecular flexibility index (Phi) is 7.99. The summed E-state index contributed by atoms with van der Waals surface area (Å²) >= 11 is 7.34. The van der Waals surface area contributed by atoms with Gasteiger partial charge in [0.05, 0.1) is 35.2 Å². The number of aryl methyl sites for hydroxylation is 3. The molecular formula is C24H26ClN3O3S. The van der Waals surface area contributed by atoms with E-state index in [9.17, 15) is 9.59 Å². The zero-order valence-electron chi connectivity index (χ0n) is 18.5. The third kappa shape index (κ3) is 6.37. The number of anilines is 2. The van der Waals surface area contributed by atoms with Gasteiger partial charge in [0.2, 0.25) is 5.91 Å². The molecule has 0 aliphatic carbocycles. The lowest BCUT2D eigenvalue weighted by molar-refractivity contribution is -0.142. The van der Waals surface area contributed by atoms with E-state index in [4.69, 9.17) is 21.3 Å². The van der Waals surface area contributed by atoms with Crippen molar-refractivity contribution in [3.63, 3.8) is 0 Å². The van der Waals surface area contributed by atoms with Crippen LogP contribution in [0.3, 0.4) is 0 Å². The predicted octanol–water partition coefficient (Wildman–Crippen LogP) is 5.93. The summed E-state index contributed by atoms with van der Waals surface area (Å²) in [5.74, 6) is -0.327. The van der Waals surface area contributed by atoms with Crippen LogP contribution in [0, 0.1) is 20.8 Å². The molecule has 0 aromatic heterocycles. The number of hydrogen-bond donors (Lipinski definition) is 2. The topological polar surface area (TPSA) is 79.8 Å². The molecule has 0 radical (unpaired) electrons. The first-order valence-corrected chi connectivity index (χ1v) is 11.6. The maximum atomic E-state index is 12.6. The highest BCUT2D eigenvalue weighted by Gasteiger charge is 2.17. The first-order valence-electron chi connectivity index (χ1n) is 10.3. The lowest BCUT2D eigenvalue weighted by atomic mass is 10.1. The van der Waals surface area contributed by atoms with Crippen molar-refractivity contribution in [1.82, 2.24) is 0 Å². The van der Waals surface area contributed by atoms with Crippen molar-refractivity contribution in [2.45, 2.75) is 34.1 Å². The van der Waals surface area contributed by atoms with Crippen molar-refractivity contribution < 1.29 is 14.3 Å². The van der Waals surface area contributed by atoms with Crippen LogP contribution in [-0.2, 0) is 14.3 Å². The summed E-state index contributed by atoms with van der Waals surface area (Å²) in [5.41, 5.74) is 6.09. The van der Waals surface area contributed by atoms with Gasteiger partial charge in [0, 0.05) is 16.4 Å². The second-order valence-corrected chi connectivity index (χ2v) is 8.91. The predicted molar refractivity (Wildman–Crippen MR) is 133 cm³/mol. The summed E-state index contributed by atoms with van der Waals surface area (Å²) in [4.78, 5) is 29.4. The summed E-state index contributed by atoms with van der Waals surface area (Å²) in [7, 11) is 0. The minimum Gasteiger partial charge on any atom is -0.466 e. The van der Waals surface area contributed by atoms with Gasteiger partial charge in [-0.15, -0.1) is 0 Å². The molecule has 32 heavy (non-hydrogen) atoms. The second-order valence-electron chi connectivity index (χ2n) is 7.48. The molecule has 0 saturated heterocycles.